The highest BCUT2D eigenvalue weighted by Gasteiger charge is 2.05. The third-order valence-electron chi connectivity index (χ3n) is 2.49. The smallest absolute Gasteiger partial charge is 0.224 e. The molecule has 92 valence electrons. The van der Waals surface area contributed by atoms with Gasteiger partial charge in [0.1, 0.15) is 0 Å². The molecule has 0 saturated carbocycles. The summed E-state index contributed by atoms with van der Waals surface area (Å²) in [4.78, 5) is 26.3. The molecule has 0 spiro atoms. The highest BCUT2D eigenvalue weighted by molar-refractivity contribution is 5.95. The van der Waals surface area contributed by atoms with Crippen LogP contribution in [0.25, 0.3) is 10.9 Å². The van der Waals surface area contributed by atoms with Crippen LogP contribution in [0, 0.1) is 0 Å². The molecule has 0 aliphatic heterocycles. The quantitative estimate of drug-likeness (QED) is 0.852. The second-order valence-electron chi connectivity index (χ2n) is 3.93. The summed E-state index contributed by atoms with van der Waals surface area (Å²) in [6.45, 7) is 0. The molecule has 1 aromatic heterocycles. The number of amides is 2. The van der Waals surface area contributed by atoms with Crippen molar-refractivity contribution < 1.29 is 9.59 Å². The Labute approximate surface area is 104 Å². The normalized spacial score (nSPS) is 10.2. The summed E-state index contributed by atoms with van der Waals surface area (Å²) in [5.41, 5.74) is 6.53. The lowest BCUT2D eigenvalue weighted by atomic mass is 10.2. The molecule has 2 amide bonds. The second kappa shape index (κ2) is 5.27. The summed E-state index contributed by atoms with van der Waals surface area (Å²) in [5.74, 6) is -0.704. The molecule has 5 heteroatoms. The van der Waals surface area contributed by atoms with Crippen LogP contribution in [-0.4, -0.2) is 16.8 Å². The van der Waals surface area contributed by atoms with Gasteiger partial charge >= 0.3 is 0 Å². The number of benzene rings is 1. The second-order valence-corrected chi connectivity index (χ2v) is 3.93. The predicted molar refractivity (Wildman–Crippen MR) is 68.8 cm³/mol. The van der Waals surface area contributed by atoms with E-state index in [1.54, 1.807) is 12.3 Å². The van der Waals surface area contributed by atoms with E-state index in [9.17, 15) is 9.59 Å². The highest BCUT2D eigenvalue weighted by Crippen LogP contribution is 2.17. The monoisotopic (exact) mass is 243 g/mol. The van der Waals surface area contributed by atoms with Crippen molar-refractivity contribution >= 4 is 28.4 Å². The van der Waals surface area contributed by atoms with E-state index in [1.165, 1.54) is 0 Å². The minimum absolute atomic E-state index is 0.0565. The molecule has 2 rings (SSSR count). The number of fused-ring (bicyclic) bond motifs is 1. The average Bonchev–Trinajstić information content (AvgIpc) is 2.36. The predicted octanol–water partition coefficient (Wildman–Crippen LogP) is 1.44. The van der Waals surface area contributed by atoms with Crippen LogP contribution in [0.4, 0.5) is 5.69 Å². The zero-order valence-electron chi connectivity index (χ0n) is 9.72. The van der Waals surface area contributed by atoms with Crippen LogP contribution < -0.4 is 11.1 Å². The standard InChI is InChI=1S/C13H13N3O2/c14-12(17)5-6-13(18)16-10-3-4-11-9(8-10)2-1-7-15-11/h1-4,7-8H,5-6H2,(H2,14,17)(H,16,18). The fraction of sp³-hybridized carbons (Fsp3) is 0.154. The lowest BCUT2D eigenvalue weighted by molar-refractivity contribution is -0.122. The van der Waals surface area contributed by atoms with Crippen LogP contribution in [0.2, 0.25) is 0 Å². The van der Waals surface area contributed by atoms with E-state index >= 15 is 0 Å². The van der Waals surface area contributed by atoms with Crippen LogP contribution in [0.3, 0.4) is 0 Å². The first-order valence-corrected chi connectivity index (χ1v) is 5.58. The molecule has 1 heterocycles. The van der Waals surface area contributed by atoms with Gasteiger partial charge in [0.05, 0.1) is 5.52 Å². The molecule has 0 aliphatic rings. The van der Waals surface area contributed by atoms with Gasteiger partial charge in [-0.3, -0.25) is 14.6 Å². The largest absolute Gasteiger partial charge is 0.370 e. The summed E-state index contributed by atoms with van der Waals surface area (Å²) in [6, 6.07) is 9.20. The van der Waals surface area contributed by atoms with E-state index in [0.717, 1.165) is 10.9 Å². The third kappa shape index (κ3) is 3.04. The lowest BCUT2D eigenvalue weighted by Gasteiger charge is -2.05. The van der Waals surface area contributed by atoms with E-state index in [2.05, 4.69) is 10.3 Å². The lowest BCUT2D eigenvalue weighted by Crippen LogP contribution is -2.17. The van der Waals surface area contributed by atoms with E-state index in [4.69, 9.17) is 5.73 Å². The van der Waals surface area contributed by atoms with Crippen molar-refractivity contribution in [2.24, 2.45) is 5.73 Å². The topological polar surface area (TPSA) is 85.1 Å². The zero-order chi connectivity index (χ0) is 13.0. The van der Waals surface area contributed by atoms with Crippen LogP contribution in [0.1, 0.15) is 12.8 Å². The molecular weight excluding hydrogens is 230 g/mol. The summed E-state index contributed by atoms with van der Waals surface area (Å²) in [5, 5.41) is 3.66. The number of primary amides is 1. The summed E-state index contributed by atoms with van der Waals surface area (Å²) >= 11 is 0. The molecule has 0 fully saturated rings. The summed E-state index contributed by atoms with van der Waals surface area (Å²) in [7, 11) is 0. The minimum atomic E-state index is -0.479. The molecule has 18 heavy (non-hydrogen) atoms. The van der Waals surface area contributed by atoms with E-state index in [0.29, 0.717) is 5.69 Å². The molecule has 0 bridgehead atoms. The fourth-order valence-electron chi connectivity index (χ4n) is 1.61. The van der Waals surface area contributed by atoms with Crippen molar-refractivity contribution in [2.75, 3.05) is 5.32 Å². The van der Waals surface area contributed by atoms with Crippen molar-refractivity contribution in [3.63, 3.8) is 0 Å². The number of carbonyl (C=O) groups is 2. The van der Waals surface area contributed by atoms with Gasteiger partial charge in [-0.15, -0.1) is 0 Å². The van der Waals surface area contributed by atoms with Gasteiger partial charge in [0, 0.05) is 30.1 Å². The van der Waals surface area contributed by atoms with E-state index < -0.39 is 5.91 Å². The number of carbonyl (C=O) groups excluding carboxylic acids is 2. The first-order chi connectivity index (χ1) is 8.65. The SMILES string of the molecule is NC(=O)CCC(=O)Nc1ccc2ncccc2c1. The van der Waals surface area contributed by atoms with Gasteiger partial charge in [-0.2, -0.15) is 0 Å². The maximum Gasteiger partial charge on any atom is 0.224 e. The van der Waals surface area contributed by atoms with Crippen molar-refractivity contribution in [1.29, 1.82) is 0 Å². The fourth-order valence-corrected chi connectivity index (χ4v) is 1.61. The number of nitrogens with one attached hydrogen (secondary N) is 1. The van der Waals surface area contributed by atoms with E-state index in [-0.39, 0.29) is 18.7 Å². The first kappa shape index (κ1) is 12.0. The molecule has 0 aliphatic carbocycles. The molecular formula is C13H13N3O2. The number of hydrogen-bond donors (Lipinski definition) is 2. The minimum Gasteiger partial charge on any atom is -0.370 e. The van der Waals surface area contributed by atoms with Crippen molar-refractivity contribution in [3.05, 3.63) is 36.5 Å². The van der Waals surface area contributed by atoms with Gasteiger partial charge in [0.25, 0.3) is 0 Å². The van der Waals surface area contributed by atoms with Crippen LogP contribution in [0.15, 0.2) is 36.5 Å². The molecule has 1 aromatic carbocycles. The zero-order valence-corrected chi connectivity index (χ0v) is 9.72. The molecule has 5 nitrogen and oxygen atoms in total. The number of rotatable bonds is 4. The first-order valence-electron chi connectivity index (χ1n) is 5.58. The van der Waals surface area contributed by atoms with Crippen molar-refractivity contribution in [3.8, 4) is 0 Å². The van der Waals surface area contributed by atoms with Crippen molar-refractivity contribution in [1.82, 2.24) is 4.98 Å². The Morgan fingerprint density at radius 2 is 2.06 bits per heavy atom. The molecule has 0 unspecified atom stereocenters. The number of hydrogen-bond acceptors (Lipinski definition) is 3. The molecule has 2 aromatic rings. The van der Waals surface area contributed by atoms with Gasteiger partial charge in [-0.25, -0.2) is 0 Å². The van der Waals surface area contributed by atoms with Gasteiger partial charge < -0.3 is 11.1 Å². The summed E-state index contributed by atoms with van der Waals surface area (Å²) < 4.78 is 0. The Morgan fingerprint density at radius 3 is 2.83 bits per heavy atom. The summed E-state index contributed by atoms with van der Waals surface area (Å²) in [6.07, 6.45) is 1.87. The van der Waals surface area contributed by atoms with Gasteiger partial charge in [0.2, 0.25) is 11.8 Å². The van der Waals surface area contributed by atoms with Crippen LogP contribution in [0.5, 0.6) is 0 Å². The van der Waals surface area contributed by atoms with Gasteiger partial charge in [-0.05, 0) is 24.3 Å². The Morgan fingerprint density at radius 1 is 1.22 bits per heavy atom. The highest BCUT2D eigenvalue weighted by atomic mass is 16.2. The number of nitrogens with zero attached hydrogens (tertiary/aromatic N) is 1. The van der Waals surface area contributed by atoms with Gasteiger partial charge in [0.15, 0.2) is 0 Å². The molecule has 0 radical (unpaired) electrons. The number of aromatic nitrogens is 1. The average molecular weight is 243 g/mol. The molecule has 3 N–H and O–H groups in total. The molecule has 0 saturated heterocycles. The molecule has 0 atom stereocenters. The van der Waals surface area contributed by atoms with Crippen molar-refractivity contribution in [2.45, 2.75) is 12.8 Å². The third-order valence-corrected chi connectivity index (χ3v) is 2.49. The number of anilines is 1. The van der Waals surface area contributed by atoms with E-state index in [1.807, 2.05) is 24.3 Å². The van der Waals surface area contributed by atoms with Gasteiger partial charge in [-0.1, -0.05) is 6.07 Å². The number of nitrogens with two attached hydrogens (primary N) is 1. The maximum atomic E-state index is 11.5. The van der Waals surface area contributed by atoms with Crippen LogP contribution >= 0.6 is 0 Å². The Hall–Kier alpha value is -2.43. The Balaban J connectivity index is 2.07. The number of pyridine rings is 1. The Bertz CT molecular complexity index is 596. The van der Waals surface area contributed by atoms with Crippen LogP contribution in [-0.2, 0) is 9.59 Å². The Kier molecular flexibility index (Phi) is 3.52. The maximum absolute atomic E-state index is 11.5.